The van der Waals surface area contributed by atoms with Crippen molar-refractivity contribution in [2.24, 2.45) is 5.92 Å². The van der Waals surface area contributed by atoms with Crippen molar-refractivity contribution in [3.8, 4) is 0 Å². The predicted molar refractivity (Wildman–Crippen MR) is 68.8 cm³/mol. The van der Waals surface area contributed by atoms with Crippen LogP contribution >= 0.6 is 12.4 Å². The van der Waals surface area contributed by atoms with Gasteiger partial charge in [0.05, 0.1) is 6.20 Å². The Labute approximate surface area is 104 Å². The van der Waals surface area contributed by atoms with E-state index in [1.54, 1.807) is 0 Å². The topological polar surface area (TPSA) is 29.9 Å². The Kier molecular flexibility index (Phi) is 5.29. The summed E-state index contributed by atoms with van der Waals surface area (Å²) < 4.78 is 1.98. The summed E-state index contributed by atoms with van der Waals surface area (Å²) in [7, 11) is 0. The Balaban J connectivity index is 0.00000128. The third-order valence-electron chi connectivity index (χ3n) is 3.16. The fourth-order valence-corrected chi connectivity index (χ4v) is 2.11. The summed E-state index contributed by atoms with van der Waals surface area (Å²) in [5, 5.41) is 7.86. The second-order valence-corrected chi connectivity index (χ2v) is 4.48. The third-order valence-corrected chi connectivity index (χ3v) is 3.16. The lowest BCUT2D eigenvalue weighted by atomic mass is 10.2. The fraction of sp³-hybridized carbons (Fsp3) is 0.750. The first-order valence-corrected chi connectivity index (χ1v) is 6.08. The maximum absolute atomic E-state index is 4.27. The minimum atomic E-state index is 0. The minimum absolute atomic E-state index is 0. The highest BCUT2D eigenvalue weighted by atomic mass is 35.5. The smallest absolute Gasteiger partial charge is 0.0534 e. The van der Waals surface area contributed by atoms with Gasteiger partial charge in [-0.2, -0.15) is 5.10 Å². The van der Waals surface area contributed by atoms with Gasteiger partial charge in [0.2, 0.25) is 0 Å². The standard InChI is InChI=1S/C12H21N3.ClH/c1-3-5-11-6-12(11)13-7-10-8-14-15(4-2)9-10;/h8-9,11-13H,3-7H2,1-2H3;1H. The average Bonchev–Trinajstić information content (AvgIpc) is 2.82. The first-order valence-electron chi connectivity index (χ1n) is 6.08. The van der Waals surface area contributed by atoms with Crippen molar-refractivity contribution in [3.63, 3.8) is 0 Å². The molecule has 0 spiro atoms. The van der Waals surface area contributed by atoms with E-state index in [0.717, 1.165) is 25.0 Å². The van der Waals surface area contributed by atoms with Crippen LogP contribution in [0.3, 0.4) is 0 Å². The summed E-state index contributed by atoms with van der Waals surface area (Å²) in [4.78, 5) is 0. The molecule has 1 aromatic rings. The van der Waals surface area contributed by atoms with Gasteiger partial charge in [-0.05, 0) is 25.7 Å². The van der Waals surface area contributed by atoms with Gasteiger partial charge in [-0.15, -0.1) is 12.4 Å². The van der Waals surface area contributed by atoms with E-state index < -0.39 is 0 Å². The highest BCUT2D eigenvalue weighted by Crippen LogP contribution is 2.34. The largest absolute Gasteiger partial charge is 0.310 e. The zero-order valence-corrected chi connectivity index (χ0v) is 11.0. The van der Waals surface area contributed by atoms with Gasteiger partial charge in [0, 0.05) is 30.9 Å². The second kappa shape index (κ2) is 6.26. The minimum Gasteiger partial charge on any atom is -0.310 e. The number of aryl methyl sites for hydroxylation is 1. The Morgan fingerprint density at radius 1 is 1.50 bits per heavy atom. The van der Waals surface area contributed by atoms with Crippen LogP contribution < -0.4 is 5.32 Å². The molecular formula is C12H22ClN3. The molecule has 1 aromatic heterocycles. The molecule has 1 N–H and O–H groups in total. The van der Waals surface area contributed by atoms with Gasteiger partial charge in [0.25, 0.3) is 0 Å². The van der Waals surface area contributed by atoms with Crippen LogP contribution in [-0.2, 0) is 13.1 Å². The summed E-state index contributed by atoms with van der Waals surface area (Å²) in [6.07, 6.45) is 8.16. The highest BCUT2D eigenvalue weighted by Gasteiger charge is 2.35. The fourth-order valence-electron chi connectivity index (χ4n) is 2.11. The van der Waals surface area contributed by atoms with Gasteiger partial charge in [0.1, 0.15) is 0 Å². The number of nitrogens with one attached hydrogen (secondary N) is 1. The molecule has 16 heavy (non-hydrogen) atoms. The lowest BCUT2D eigenvalue weighted by Crippen LogP contribution is -2.17. The molecule has 92 valence electrons. The van der Waals surface area contributed by atoms with Crippen LogP contribution in [0.4, 0.5) is 0 Å². The van der Waals surface area contributed by atoms with Crippen molar-refractivity contribution >= 4 is 12.4 Å². The Morgan fingerprint density at radius 2 is 2.31 bits per heavy atom. The normalized spacial score (nSPS) is 22.9. The SMILES string of the molecule is CCCC1CC1NCc1cnn(CC)c1.Cl. The van der Waals surface area contributed by atoms with Crippen LogP contribution in [0.15, 0.2) is 12.4 Å². The highest BCUT2D eigenvalue weighted by molar-refractivity contribution is 5.85. The third kappa shape index (κ3) is 3.49. The monoisotopic (exact) mass is 243 g/mol. The van der Waals surface area contributed by atoms with Crippen LogP contribution in [0.5, 0.6) is 0 Å². The molecular weight excluding hydrogens is 222 g/mol. The maximum Gasteiger partial charge on any atom is 0.0534 e. The van der Waals surface area contributed by atoms with Crippen molar-refractivity contribution in [2.75, 3.05) is 0 Å². The quantitative estimate of drug-likeness (QED) is 0.833. The van der Waals surface area contributed by atoms with E-state index >= 15 is 0 Å². The van der Waals surface area contributed by atoms with Gasteiger partial charge < -0.3 is 5.32 Å². The second-order valence-electron chi connectivity index (χ2n) is 4.48. The van der Waals surface area contributed by atoms with Gasteiger partial charge in [-0.3, -0.25) is 4.68 Å². The lowest BCUT2D eigenvalue weighted by Gasteiger charge is -2.01. The molecule has 0 bridgehead atoms. The number of hydrogen-bond acceptors (Lipinski definition) is 2. The number of hydrogen-bond donors (Lipinski definition) is 1. The molecule has 0 radical (unpaired) electrons. The van der Waals surface area contributed by atoms with Gasteiger partial charge in [-0.25, -0.2) is 0 Å². The number of nitrogens with zero attached hydrogens (tertiary/aromatic N) is 2. The Bertz CT molecular complexity index is 311. The number of rotatable bonds is 6. The first-order chi connectivity index (χ1) is 7.33. The maximum atomic E-state index is 4.27. The number of aromatic nitrogens is 2. The van der Waals surface area contributed by atoms with Crippen LogP contribution in [-0.4, -0.2) is 15.8 Å². The molecule has 1 aliphatic rings. The van der Waals surface area contributed by atoms with E-state index in [2.05, 4.69) is 30.5 Å². The van der Waals surface area contributed by atoms with Crippen molar-refractivity contribution in [3.05, 3.63) is 18.0 Å². The van der Waals surface area contributed by atoms with Gasteiger partial charge >= 0.3 is 0 Å². The lowest BCUT2D eigenvalue weighted by molar-refractivity contribution is 0.598. The van der Waals surface area contributed by atoms with Crippen molar-refractivity contribution in [1.29, 1.82) is 0 Å². The molecule has 1 fully saturated rings. The first kappa shape index (κ1) is 13.5. The van der Waals surface area contributed by atoms with E-state index in [9.17, 15) is 0 Å². The van der Waals surface area contributed by atoms with Gasteiger partial charge in [-0.1, -0.05) is 13.3 Å². The van der Waals surface area contributed by atoms with E-state index in [1.165, 1.54) is 24.8 Å². The molecule has 0 amide bonds. The van der Waals surface area contributed by atoms with Crippen LogP contribution in [0.2, 0.25) is 0 Å². The van der Waals surface area contributed by atoms with Crippen molar-refractivity contribution in [1.82, 2.24) is 15.1 Å². The molecule has 3 nitrogen and oxygen atoms in total. The molecule has 1 aliphatic carbocycles. The molecule has 4 heteroatoms. The van der Waals surface area contributed by atoms with Crippen LogP contribution in [0, 0.1) is 5.92 Å². The van der Waals surface area contributed by atoms with Crippen LogP contribution in [0.25, 0.3) is 0 Å². The summed E-state index contributed by atoms with van der Waals surface area (Å²) in [6.45, 7) is 6.32. The van der Waals surface area contributed by atoms with Crippen molar-refractivity contribution < 1.29 is 0 Å². The molecule has 0 aromatic carbocycles. The molecule has 0 aliphatic heterocycles. The van der Waals surface area contributed by atoms with Crippen LogP contribution in [0.1, 0.15) is 38.7 Å². The summed E-state index contributed by atoms with van der Waals surface area (Å²) in [5.74, 6) is 0.941. The summed E-state index contributed by atoms with van der Waals surface area (Å²) >= 11 is 0. The molecule has 2 atom stereocenters. The summed E-state index contributed by atoms with van der Waals surface area (Å²) in [5.41, 5.74) is 1.30. The van der Waals surface area contributed by atoms with E-state index in [0.29, 0.717) is 0 Å². The molecule has 2 rings (SSSR count). The van der Waals surface area contributed by atoms with Crippen molar-refractivity contribution in [2.45, 2.75) is 52.2 Å². The molecule has 0 saturated heterocycles. The zero-order valence-electron chi connectivity index (χ0n) is 10.1. The predicted octanol–water partition coefficient (Wildman–Crippen LogP) is 2.60. The number of halogens is 1. The van der Waals surface area contributed by atoms with E-state index in [1.807, 2.05) is 10.9 Å². The Morgan fingerprint density at radius 3 is 2.94 bits per heavy atom. The molecule has 1 heterocycles. The van der Waals surface area contributed by atoms with E-state index in [-0.39, 0.29) is 12.4 Å². The molecule has 1 saturated carbocycles. The molecule has 2 unspecified atom stereocenters. The van der Waals surface area contributed by atoms with E-state index in [4.69, 9.17) is 0 Å². The average molecular weight is 244 g/mol. The summed E-state index contributed by atoms with van der Waals surface area (Å²) in [6, 6.07) is 0.773. The Hall–Kier alpha value is -0.540. The zero-order chi connectivity index (χ0) is 10.7. The van der Waals surface area contributed by atoms with Gasteiger partial charge in [0.15, 0.2) is 0 Å².